The van der Waals surface area contributed by atoms with Crippen molar-refractivity contribution >= 4 is 52.2 Å². The summed E-state index contributed by atoms with van der Waals surface area (Å²) >= 11 is 8.33. The molecule has 3 atom stereocenters. The molecule has 1 N–H and O–H groups in total. The molecule has 2 aliphatic heterocycles. The molecule has 35 heavy (non-hydrogen) atoms. The van der Waals surface area contributed by atoms with Gasteiger partial charge in [-0.3, -0.25) is 14.4 Å². The quantitative estimate of drug-likeness (QED) is 0.455. The minimum atomic E-state index is -0.672. The van der Waals surface area contributed by atoms with Crippen LogP contribution in [0, 0.1) is 11.8 Å². The van der Waals surface area contributed by atoms with Crippen molar-refractivity contribution in [1.82, 2.24) is 4.98 Å². The van der Waals surface area contributed by atoms with Gasteiger partial charge in [-0.05, 0) is 47.9 Å². The van der Waals surface area contributed by atoms with Gasteiger partial charge in [0.25, 0.3) is 0 Å². The first-order chi connectivity index (χ1) is 16.8. The highest BCUT2D eigenvalue weighted by atomic mass is 35.5. The molecule has 1 aromatic heterocycles. The number of ether oxygens (including phenoxy) is 2. The third-order valence-corrected chi connectivity index (χ3v) is 8.68. The third-order valence-electron chi connectivity index (χ3n) is 6.03. The van der Waals surface area contributed by atoms with Gasteiger partial charge in [0.05, 0.1) is 30.3 Å². The zero-order valence-corrected chi connectivity index (χ0v) is 21.6. The van der Waals surface area contributed by atoms with Crippen molar-refractivity contribution in [2.45, 2.75) is 30.0 Å². The Bertz CT molecular complexity index is 1350. The van der Waals surface area contributed by atoms with E-state index >= 15 is 0 Å². The van der Waals surface area contributed by atoms with Crippen molar-refractivity contribution < 1.29 is 19.1 Å². The van der Waals surface area contributed by atoms with Crippen molar-refractivity contribution in [2.24, 2.45) is 11.8 Å². The summed E-state index contributed by atoms with van der Waals surface area (Å²) in [5.41, 5.74) is 1.26. The number of nitrogens with zero attached hydrogens (tertiary/aromatic N) is 1. The van der Waals surface area contributed by atoms with Gasteiger partial charge in [-0.1, -0.05) is 54.6 Å². The summed E-state index contributed by atoms with van der Waals surface area (Å²) in [5, 5.41) is 0.484. The summed E-state index contributed by atoms with van der Waals surface area (Å²) in [4.78, 5) is 44.1. The van der Waals surface area contributed by atoms with Crippen LogP contribution >= 0.6 is 34.7 Å². The van der Waals surface area contributed by atoms with E-state index in [0.29, 0.717) is 39.8 Å². The summed E-state index contributed by atoms with van der Waals surface area (Å²) in [6, 6.07) is 12.2. The molecule has 2 unspecified atom stereocenters. The zero-order chi connectivity index (χ0) is 24.9. The lowest BCUT2D eigenvalue weighted by atomic mass is 9.83. The van der Waals surface area contributed by atoms with Gasteiger partial charge in [-0.25, -0.2) is 4.90 Å². The predicted molar refractivity (Wildman–Crippen MR) is 137 cm³/mol. The van der Waals surface area contributed by atoms with Gasteiger partial charge >= 0.3 is 4.87 Å². The van der Waals surface area contributed by atoms with E-state index in [0.717, 1.165) is 21.8 Å². The molecule has 0 radical (unpaired) electrons. The number of fused-ring (bicyclic) bond motifs is 2. The van der Waals surface area contributed by atoms with Crippen LogP contribution < -0.4 is 19.2 Å². The molecule has 2 aliphatic rings. The number of nitrogens with one attached hydrogen (secondary N) is 1. The molecule has 7 nitrogen and oxygen atoms in total. The minimum absolute atomic E-state index is 0.217. The predicted octanol–water partition coefficient (Wildman–Crippen LogP) is 4.93. The second-order valence-electron chi connectivity index (χ2n) is 8.85. The zero-order valence-electron chi connectivity index (χ0n) is 19.2. The second-order valence-corrected chi connectivity index (χ2v) is 11.5. The molecule has 10 heteroatoms. The van der Waals surface area contributed by atoms with Crippen molar-refractivity contribution in [3.63, 3.8) is 0 Å². The number of aromatic amines is 1. The minimum Gasteiger partial charge on any atom is -0.493 e. The molecule has 0 spiro atoms. The van der Waals surface area contributed by atoms with Crippen LogP contribution in [0.15, 0.2) is 52.3 Å². The number of amides is 2. The van der Waals surface area contributed by atoms with Gasteiger partial charge in [-0.15, -0.1) is 0 Å². The van der Waals surface area contributed by atoms with E-state index in [4.69, 9.17) is 21.1 Å². The van der Waals surface area contributed by atoms with E-state index in [1.54, 1.807) is 31.4 Å². The normalized spacial score (nSPS) is 21.3. The molecule has 182 valence electrons. The number of hydrogen-bond acceptors (Lipinski definition) is 7. The van der Waals surface area contributed by atoms with Crippen molar-refractivity contribution in [2.75, 3.05) is 18.6 Å². The molecule has 3 aromatic rings. The van der Waals surface area contributed by atoms with Gasteiger partial charge in [-0.2, -0.15) is 0 Å². The Morgan fingerprint density at radius 1 is 1.06 bits per heavy atom. The number of thioether (sulfide) groups is 1. The van der Waals surface area contributed by atoms with Crippen LogP contribution in [0.25, 0.3) is 0 Å². The van der Waals surface area contributed by atoms with Gasteiger partial charge < -0.3 is 14.5 Å². The van der Waals surface area contributed by atoms with Crippen molar-refractivity contribution in [3.05, 3.63) is 67.6 Å². The number of benzene rings is 2. The third kappa shape index (κ3) is 4.26. The Labute approximate surface area is 215 Å². The van der Waals surface area contributed by atoms with Crippen LogP contribution in [0.5, 0.6) is 11.5 Å². The van der Waals surface area contributed by atoms with E-state index < -0.39 is 17.1 Å². The number of carbonyl (C=O) groups excluding carboxylic acids is 2. The standard InChI is InChI=1S/C25H23ClN2O5S2/c1-12(2)11-33-16-9-4-13(10-17(16)32-3)18-19-21(34-22-20(18)35-25(31)27-22)24(30)28(23(19)29)15-7-5-14(26)6-8-15/h4-10,12,18-19,21H,11H2,1-3H3,(H,27,31)/t18-,19?,21?/m1/s1. The number of rotatable bonds is 6. The average Bonchev–Trinajstić information content (AvgIpc) is 3.32. The summed E-state index contributed by atoms with van der Waals surface area (Å²) in [6.07, 6.45) is 0. The van der Waals surface area contributed by atoms with Crippen LogP contribution in [0.3, 0.4) is 0 Å². The van der Waals surface area contributed by atoms with E-state index in [2.05, 4.69) is 18.8 Å². The van der Waals surface area contributed by atoms with Gasteiger partial charge in [0, 0.05) is 15.8 Å². The van der Waals surface area contributed by atoms with Crippen molar-refractivity contribution in [1.29, 1.82) is 0 Å². The van der Waals surface area contributed by atoms with Crippen LogP contribution in [0.4, 0.5) is 5.69 Å². The molecule has 0 bridgehead atoms. The monoisotopic (exact) mass is 530 g/mol. The van der Waals surface area contributed by atoms with Crippen LogP contribution in [0.1, 0.15) is 30.2 Å². The van der Waals surface area contributed by atoms with E-state index in [9.17, 15) is 14.4 Å². The Morgan fingerprint density at radius 3 is 2.49 bits per heavy atom. The number of anilines is 1. The topological polar surface area (TPSA) is 88.7 Å². The largest absolute Gasteiger partial charge is 0.493 e. The molecular weight excluding hydrogens is 508 g/mol. The SMILES string of the molecule is COc1cc([C@H]2c3sc(=O)[nH]c3SC3C(=O)N(c4ccc(Cl)cc4)C(=O)C32)ccc1OCC(C)C. The smallest absolute Gasteiger partial charge is 0.305 e. The molecule has 2 aromatic carbocycles. The lowest BCUT2D eigenvalue weighted by Gasteiger charge is -2.30. The maximum absolute atomic E-state index is 13.8. The lowest BCUT2D eigenvalue weighted by molar-refractivity contribution is -0.122. The summed E-state index contributed by atoms with van der Waals surface area (Å²) in [5.74, 6) is -0.281. The number of thiazole rings is 1. The number of hydrogen-bond donors (Lipinski definition) is 1. The van der Waals surface area contributed by atoms with Crippen LogP contribution in [0.2, 0.25) is 5.02 Å². The van der Waals surface area contributed by atoms with Gasteiger partial charge in [0.15, 0.2) is 11.5 Å². The number of halogens is 1. The number of imide groups is 1. The number of aromatic nitrogens is 1. The molecule has 0 aliphatic carbocycles. The lowest BCUT2D eigenvalue weighted by Crippen LogP contribution is -2.32. The molecular formula is C25H23ClN2O5S2. The van der Waals surface area contributed by atoms with E-state index in [1.165, 1.54) is 16.7 Å². The first-order valence-electron chi connectivity index (χ1n) is 11.1. The maximum Gasteiger partial charge on any atom is 0.305 e. The highest BCUT2D eigenvalue weighted by Gasteiger charge is 2.56. The molecule has 0 saturated carbocycles. The molecule has 3 heterocycles. The molecule has 5 rings (SSSR count). The summed E-state index contributed by atoms with van der Waals surface area (Å²) in [6.45, 7) is 4.66. The highest BCUT2D eigenvalue weighted by molar-refractivity contribution is 8.00. The first kappa shape index (κ1) is 24.0. The molecule has 1 fully saturated rings. The van der Waals surface area contributed by atoms with E-state index in [1.807, 2.05) is 18.2 Å². The summed E-state index contributed by atoms with van der Waals surface area (Å²) in [7, 11) is 1.56. The van der Waals surface area contributed by atoms with Crippen LogP contribution in [-0.2, 0) is 9.59 Å². The number of H-pyrrole nitrogens is 1. The van der Waals surface area contributed by atoms with Crippen molar-refractivity contribution in [3.8, 4) is 11.5 Å². The Hall–Kier alpha value is -2.75. The molecule has 1 saturated heterocycles. The van der Waals surface area contributed by atoms with Gasteiger partial charge in [0.2, 0.25) is 11.8 Å². The molecule has 2 amide bonds. The second kappa shape index (κ2) is 9.37. The fraction of sp³-hybridized carbons (Fsp3) is 0.320. The average molecular weight is 531 g/mol. The number of carbonyl (C=O) groups is 2. The highest BCUT2D eigenvalue weighted by Crippen LogP contribution is 2.53. The summed E-state index contributed by atoms with van der Waals surface area (Å²) < 4.78 is 11.5. The van der Waals surface area contributed by atoms with Gasteiger partial charge in [0.1, 0.15) is 5.25 Å². The Balaban J connectivity index is 1.59. The maximum atomic E-state index is 13.8. The Morgan fingerprint density at radius 2 is 1.80 bits per heavy atom. The fourth-order valence-electron chi connectivity index (χ4n) is 4.47. The first-order valence-corrected chi connectivity index (χ1v) is 13.2. The Kier molecular flexibility index (Phi) is 6.41. The fourth-order valence-corrected chi connectivity index (χ4v) is 7.12. The number of methoxy groups -OCH3 is 1. The van der Waals surface area contributed by atoms with Crippen LogP contribution in [-0.4, -0.2) is 35.8 Å². The van der Waals surface area contributed by atoms with E-state index in [-0.39, 0.29) is 16.7 Å².